The van der Waals surface area contributed by atoms with Gasteiger partial charge in [-0.05, 0) is 60.5 Å². The molecule has 1 heterocycles. The van der Waals surface area contributed by atoms with Crippen molar-refractivity contribution >= 4 is 81.2 Å². The first-order valence-corrected chi connectivity index (χ1v) is 11.8. The van der Waals surface area contributed by atoms with Gasteiger partial charge in [-0.25, -0.2) is 4.90 Å². The van der Waals surface area contributed by atoms with Gasteiger partial charge >= 0.3 is 0 Å². The number of nitrogens with zero attached hydrogens (tertiary/aromatic N) is 1. The summed E-state index contributed by atoms with van der Waals surface area (Å²) in [7, 11) is 0. The maximum Gasteiger partial charge on any atom is 0.283 e. The Morgan fingerprint density at radius 2 is 1.49 bits per heavy atom. The van der Waals surface area contributed by atoms with E-state index in [0.717, 1.165) is 16.0 Å². The number of nitrogens with one attached hydrogen (secondary N) is 2. The van der Waals surface area contributed by atoms with Crippen LogP contribution in [0.25, 0.3) is 0 Å². The number of hydrogen-bond acceptors (Lipinski definition) is 4. The van der Waals surface area contributed by atoms with E-state index in [0.29, 0.717) is 32.1 Å². The molecule has 0 bridgehead atoms. The van der Waals surface area contributed by atoms with E-state index in [1.54, 1.807) is 54.6 Å². The van der Waals surface area contributed by atoms with Gasteiger partial charge in [-0.15, -0.1) is 0 Å². The zero-order valence-corrected chi connectivity index (χ0v) is 21.2. The molecule has 1 aliphatic heterocycles. The smallest absolute Gasteiger partial charge is 0.283 e. The molecule has 0 saturated carbocycles. The molecule has 0 spiro atoms. The second-order valence-corrected chi connectivity index (χ2v) is 9.43. The normalized spacial score (nSPS) is 13.5. The van der Waals surface area contributed by atoms with Gasteiger partial charge < -0.3 is 10.6 Å². The van der Waals surface area contributed by atoms with Crippen molar-refractivity contribution in [1.82, 2.24) is 0 Å². The van der Waals surface area contributed by atoms with Gasteiger partial charge in [0.05, 0.1) is 12.1 Å². The lowest BCUT2D eigenvalue weighted by molar-refractivity contribution is -0.120. The minimum Gasteiger partial charge on any atom is -0.350 e. The van der Waals surface area contributed by atoms with Crippen LogP contribution in [0.5, 0.6) is 0 Å². The lowest BCUT2D eigenvalue weighted by Gasteiger charge is -2.16. The van der Waals surface area contributed by atoms with Crippen molar-refractivity contribution in [2.75, 3.05) is 15.5 Å². The molecule has 0 fully saturated rings. The van der Waals surface area contributed by atoms with Gasteiger partial charge in [-0.1, -0.05) is 64.6 Å². The van der Waals surface area contributed by atoms with Gasteiger partial charge in [0.25, 0.3) is 11.8 Å². The Kier molecular flexibility index (Phi) is 7.38. The standard InChI is InChI=1S/C25H17Cl4N3O3/c1-13-2-7-19(12-20(13)28)32-24(34)22(29)23(25(32)35)31-17-5-3-14(4-6-17)8-21(33)30-18-10-15(26)9-16(27)11-18/h2-7,9-12,31H,8H2,1H3,(H,30,33). The van der Waals surface area contributed by atoms with Crippen LogP contribution in [0.1, 0.15) is 11.1 Å². The van der Waals surface area contributed by atoms with Crippen LogP contribution in [0.3, 0.4) is 0 Å². The van der Waals surface area contributed by atoms with Crippen molar-refractivity contribution in [3.8, 4) is 0 Å². The van der Waals surface area contributed by atoms with Gasteiger partial charge in [-0.3, -0.25) is 14.4 Å². The molecule has 0 saturated heterocycles. The Bertz CT molecular complexity index is 1370. The molecule has 1 aliphatic rings. The van der Waals surface area contributed by atoms with Crippen molar-refractivity contribution in [1.29, 1.82) is 0 Å². The van der Waals surface area contributed by atoms with Crippen LogP contribution in [0.2, 0.25) is 15.1 Å². The van der Waals surface area contributed by atoms with E-state index >= 15 is 0 Å². The van der Waals surface area contributed by atoms with E-state index in [4.69, 9.17) is 46.4 Å². The largest absolute Gasteiger partial charge is 0.350 e. The lowest BCUT2D eigenvalue weighted by atomic mass is 10.1. The van der Waals surface area contributed by atoms with Gasteiger partial charge in [0.1, 0.15) is 10.7 Å². The first kappa shape index (κ1) is 25.1. The number of carbonyl (C=O) groups is 3. The third kappa shape index (κ3) is 5.63. The zero-order valence-electron chi connectivity index (χ0n) is 18.2. The molecule has 3 amide bonds. The summed E-state index contributed by atoms with van der Waals surface area (Å²) in [6.45, 7) is 1.82. The quantitative estimate of drug-likeness (QED) is 0.341. The average molecular weight is 549 g/mol. The molecule has 0 aromatic heterocycles. The number of benzene rings is 3. The van der Waals surface area contributed by atoms with Crippen LogP contribution in [-0.2, 0) is 20.8 Å². The summed E-state index contributed by atoms with van der Waals surface area (Å²) >= 11 is 24.3. The molecular formula is C25H17Cl4N3O3. The number of aryl methyl sites for hydroxylation is 1. The monoisotopic (exact) mass is 547 g/mol. The molecule has 35 heavy (non-hydrogen) atoms. The van der Waals surface area contributed by atoms with Crippen LogP contribution in [0.4, 0.5) is 17.1 Å². The van der Waals surface area contributed by atoms with E-state index < -0.39 is 11.8 Å². The molecule has 4 rings (SSSR count). The Hall–Kier alpha value is -3.03. The number of imide groups is 1. The van der Waals surface area contributed by atoms with Crippen molar-refractivity contribution in [2.45, 2.75) is 13.3 Å². The van der Waals surface area contributed by atoms with Gasteiger partial charge in [0.15, 0.2) is 0 Å². The van der Waals surface area contributed by atoms with E-state index in [-0.39, 0.29) is 23.1 Å². The highest BCUT2D eigenvalue weighted by atomic mass is 35.5. The first-order chi connectivity index (χ1) is 16.6. The SMILES string of the molecule is Cc1ccc(N2C(=O)C(Cl)=C(Nc3ccc(CC(=O)Nc4cc(Cl)cc(Cl)c4)cc3)C2=O)cc1Cl. The summed E-state index contributed by atoms with van der Waals surface area (Å²) in [5.74, 6) is -1.49. The Morgan fingerprint density at radius 3 is 2.11 bits per heavy atom. The minimum absolute atomic E-state index is 0.0447. The van der Waals surface area contributed by atoms with Crippen LogP contribution in [0.15, 0.2) is 71.4 Å². The summed E-state index contributed by atoms with van der Waals surface area (Å²) in [4.78, 5) is 38.9. The second kappa shape index (κ2) is 10.3. The fraction of sp³-hybridized carbons (Fsp3) is 0.0800. The summed E-state index contributed by atoms with van der Waals surface area (Å²) in [5.41, 5.74) is 2.85. The maximum absolute atomic E-state index is 12.9. The van der Waals surface area contributed by atoms with E-state index in [2.05, 4.69) is 10.6 Å². The van der Waals surface area contributed by atoms with Crippen molar-refractivity contribution < 1.29 is 14.4 Å². The molecule has 3 aromatic carbocycles. The number of halogens is 4. The van der Waals surface area contributed by atoms with E-state index in [1.807, 2.05) is 6.92 Å². The number of carbonyl (C=O) groups excluding carboxylic acids is 3. The first-order valence-electron chi connectivity index (χ1n) is 10.3. The van der Waals surface area contributed by atoms with Gasteiger partial charge in [0, 0.05) is 26.4 Å². The van der Waals surface area contributed by atoms with Crippen LogP contribution in [0, 0.1) is 6.92 Å². The van der Waals surface area contributed by atoms with Crippen LogP contribution < -0.4 is 15.5 Å². The Balaban J connectivity index is 1.43. The highest BCUT2D eigenvalue weighted by Gasteiger charge is 2.39. The number of amides is 3. The molecule has 2 N–H and O–H groups in total. The number of anilines is 3. The molecule has 0 radical (unpaired) electrons. The average Bonchev–Trinajstić information content (AvgIpc) is 2.99. The molecule has 178 valence electrons. The van der Waals surface area contributed by atoms with Gasteiger partial charge in [-0.2, -0.15) is 0 Å². The van der Waals surface area contributed by atoms with Crippen LogP contribution in [-0.4, -0.2) is 17.7 Å². The summed E-state index contributed by atoms with van der Waals surface area (Å²) in [6, 6.07) is 16.5. The van der Waals surface area contributed by atoms with Gasteiger partial charge in [0.2, 0.25) is 5.91 Å². The number of hydrogen-bond donors (Lipinski definition) is 2. The topological polar surface area (TPSA) is 78.5 Å². The molecular weight excluding hydrogens is 532 g/mol. The molecule has 3 aromatic rings. The maximum atomic E-state index is 12.9. The van der Waals surface area contributed by atoms with Crippen molar-refractivity contribution in [3.05, 3.63) is 97.6 Å². The van der Waals surface area contributed by atoms with Crippen molar-refractivity contribution in [2.24, 2.45) is 0 Å². The summed E-state index contributed by atoms with van der Waals surface area (Å²) < 4.78 is 0. The predicted octanol–water partition coefficient (Wildman–Crippen LogP) is 6.57. The van der Waals surface area contributed by atoms with E-state index in [9.17, 15) is 14.4 Å². The van der Waals surface area contributed by atoms with Crippen LogP contribution >= 0.6 is 46.4 Å². The molecule has 10 heteroatoms. The lowest BCUT2D eigenvalue weighted by Crippen LogP contribution is -2.32. The summed E-state index contributed by atoms with van der Waals surface area (Å²) in [5, 5.41) is 6.68. The minimum atomic E-state index is -0.645. The predicted molar refractivity (Wildman–Crippen MR) is 140 cm³/mol. The summed E-state index contributed by atoms with van der Waals surface area (Å²) in [6.07, 6.45) is 0.104. The molecule has 0 atom stereocenters. The third-order valence-electron chi connectivity index (χ3n) is 5.18. The number of rotatable bonds is 6. The highest BCUT2D eigenvalue weighted by Crippen LogP contribution is 2.32. The highest BCUT2D eigenvalue weighted by molar-refractivity contribution is 6.53. The Labute approximate surface area is 221 Å². The fourth-order valence-corrected chi connectivity index (χ4v) is 4.35. The zero-order chi connectivity index (χ0) is 25.3. The second-order valence-electron chi connectivity index (χ2n) is 7.77. The van der Waals surface area contributed by atoms with Crippen molar-refractivity contribution in [3.63, 3.8) is 0 Å². The van der Waals surface area contributed by atoms with E-state index in [1.165, 1.54) is 6.07 Å². The molecule has 6 nitrogen and oxygen atoms in total. The molecule has 0 unspecified atom stereocenters. The Morgan fingerprint density at radius 1 is 0.829 bits per heavy atom. The third-order valence-corrected chi connectivity index (χ3v) is 6.37. The molecule has 0 aliphatic carbocycles. The fourth-order valence-electron chi connectivity index (χ4n) is 3.43.